The minimum Gasteiger partial charge on any atom is -0.508 e. The predicted octanol–water partition coefficient (Wildman–Crippen LogP) is 2.76. The van der Waals surface area contributed by atoms with Crippen LogP contribution < -0.4 is 5.32 Å². The van der Waals surface area contributed by atoms with E-state index in [0.29, 0.717) is 13.0 Å². The van der Waals surface area contributed by atoms with E-state index in [9.17, 15) is 9.90 Å². The lowest BCUT2D eigenvalue weighted by Crippen LogP contribution is -2.22. The van der Waals surface area contributed by atoms with Crippen LogP contribution in [0.5, 0.6) is 5.75 Å². The van der Waals surface area contributed by atoms with Crippen molar-refractivity contribution < 1.29 is 15.0 Å². The first-order chi connectivity index (χ1) is 8.89. The van der Waals surface area contributed by atoms with E-state index in [1.54, 1.807) is 12.1 Å². The molecule has 0 amide bonds. The third-order valence-electron chi connectivity index (χ3n) is 3.23. The van der Waals surface area contributed by atoms with Gasteiger partial charge >= 0.3 is 5.97 Å². The van der Waals surface area contributed by atoms with E-state index in [0.717, 1.165) is 18.5 Å². The van der Waals surface area contributed by atoms with Gasteiger partial charge in [0, 0.05) is 13.0 Å². The second-order valence-corrected chi connectivity index (χ2v) is 5.65. The molecule has 0 aliphatic heterocycles. The van der Waals surface area contributed by atoms with Crippen LogP contribution in [-0.2, 0) is 11.3 Å². The number of aliphatic carboxylic acids is 1. The summed E-state index contributed by atoms with van der Waals surface area (Å²) in [5.74, 6) is -0.457. The Morgan fingerprint density at radius 2 is 2.05 bits per heavy atom. The van der Waals surface area contributed by atoms with Crippen molar-refractivity contribution in [1.29, 1.82) is 0 Å². The predicted molar refractivity (Wildman–Crippen MR) is 75.1 cm³/mol. The molecule has 0 atom stereocenters. The van der Waals surface area contributed by atoms with Gasteiger partial charge in [-0.2, -0.15) is 0 Å². The Hall–Kier alpha value is -1.55. The van der Waals surface area contributed by atoms with Gasteiger partial charge in [0.1, 0.15) is 5.75 Å². The molecule has 0 aromatic heterocycles. The highest BCUT2D eigenvalue weighted by atomic mass is 16.4. The summed E-state index contributed by atoms with van der Waals surface area (Å²) >= 11 is 0. The average Bonchev–Trinajstić information content (AvgIpc) is 2.33. The van der Waals surface area contributed by atoms with Gasteiger partial charge in [0.15, 0.2) is 0 Å². The summed E-state index contributed by atoms with van der Waals surface area (Å²) in [6.45, 7) is 5.73. The van der Waals surface area contributed by atoms with Gasteiger partial charge < -0.3 is 15.5 Å². The highest BCUT2D eigenvalue weighted by molar-refractivity contribution is 5.66. The summed E-state index contributed by atoms with van der Waals surface area (Å²) in [5, 5.41) is 21.3. The lowest BCUT2D eigenvalue weighted by molar-refractivity contribution is -0.137. The molecule has 1 aromatic rings. The number of carboxylic acids is 1. The van der Waals surface area contributed by atoms with E-state index in [1.165, 1.54) is 0 Å². The molecule has 3 N–H and O–H groups in total. The Bertz CT molecular complexity index is 416. The van der Waals surface area contributed by atoms with Crippen molar-refractivity contribution in [3.05, 3.63) is 29.8 Å². The molecule has 0 spiro atoms. The maximum absolute atomic E-state index is 10.6. The van der Waals surface area contributed by atoms with Gasteiger partial charge in [0.2, 0.25) is 0 Å². The van der Waals surface area contributed by atoms with Gasteiger partial charge in [-0.05, 0) is 42.5 Å². The molecule has 19 heavy (non-hydrogen) atoms. The Morgan fingerprint density at radius 1 is 1.32 bits per heavy atom. The number of phenols is 1. The van der Waals surface area contributed by atoms with Gasteiger partial charge in [-0.15, -0.1) is 0 Å². The van der Waals surface area contributed by atoms with Crippen molar-refractivity contribution in [1.82, 2.24) is 5.32 Å². The maximum atomic E-state index is 10.6. The van der Waals surface area contributed by atoms with Crippen molar-refractivity contribution in [3.8, 4) is 5.75 Å². The number of carboxylic acid groups (broad SMARTS) is 1. The van der Waals surface area contributed by atoms with Crippen LogP contribution in [0.15, 0.2) is 24.3 Å². The summed E-state index contributed by atoms with van der Waals surface area (Å²) in [4.78, 5) is 10.6. The average molecular weight is 265 g/mol. The van der Waals surface area contributed by atoms with E-state index in [1.807, 2.05) is 12.1 Å². The fourth-order valence-corrected chi connectivity index (χ4v) is 1.90. The first-order valence-corrected chi connectivity index (χ1v) is 6.59. The maximum Gasteiger partial charge on any atom is 0.303 e. The highest BCUT2D eigenvalue weighted by Crippen LogP contribution is 2.26. The molecule has 0 aliphatic carbocycles. The largest absolute Gasteiger partial charge is 0.508 e. The van der Waals surface area contributed by atoms with E-state index >= 15 is 0 Å². The molecule has 0 bridgehead atoms. The van der Waals surface area contributed by atoms with E-state index in [4.69, 9.17) is 5.11 Å². The second-order valence-electron chi connectivity index (χ2n) is 5.65. The molecule has 4 heteroatoms. The number of carbonyl (C=O) groups is 1. The molecular formula is C15H23NO3. The summed E-state index contributed by atoms with van der Waals surface area (Å²) in [7, 11) is 0. The Kier molecular flexibility index (Phi) is 5.83. The van der Waals surface area contributed by atoms with Gasteiger partial charge in [-0.3, -0.25) is 4.79 Å². The lowest BCUT2D eigenvalue weighted by atomic mass is 9.84. The molecule has 1 rings (SSSR count). The molecule has 0 unspecified atom stereocenters. The van der Waals surface area contributed by atoms with Crippen LogP contribution in [0.2, 0.25) is 0 Å². The molecule has 0 heterocycles. The van der Waals surface area contributed by atoms with Crippen molar-refractivity contribution in [3.63, 3.8) is 0 Å². The van der Waals surface area contributed by atoms with Crippen LogP contribution in [0.3, 0.4) is 0 Å². The first-order valence-electron chi connectivity index (χ1n) is 6.59. The smallest absolute Gasteiger partial charge is 0.303 e. The molecule has 106 valence electrons. The first kappa shape index (κ1) is 15.5. The summed E-state index contributed by atoms with van der Waals surface area (Å²) in [6, 6.07) is 7.17. The van der Waals surface area contributed by atoms with Crippen LogP contribution in [0.25, 0.3) is 0 Å². The molecule has 4 nitrogen and oxygen atoms in total. The number of hydrogen-bond acceptors (Lipinski definition) is 3. The number of benzene rings is 1. The van der Waals surface area contributed by atoms with Gasteiger partial charge in [-0.1, -0.05) is 26.0 Å². The van der Waals surface area contributed by atoms with Crippen molar-refractivity contribution in [2.75, 3.05) is 6.54 Å². The molecule has 0 fully saturated rings. The molecule has 0 saturated heterocycles. The van der Waals surface area contributed by atoms with Crippen molar-refractivity contribution in [2.45, 2.75) is 39.7 Å². The van der Waals surface area contributed by atoms with E-state index in [2.05, 4.69) is 19.2 Å². The molecular weight excluding hydrogens is 242 g/mol. The highest BCUT2D eigenvalue weighted by Gasteiger charge is 2.18. The van der Waals surface area contributed by atoms with Gasteiger partial charge in [0.05, 0.1) is 0 Å². The monoisotopic (exact) mass is 265 g/mol. The topological polar surface area (TPSA) is 69.6 Å². The van der Waals surface area contributed by atoms with Crippen LogP contribution in [0.4, 0.5) is 0 Å². The quantitative estimate of drug-likeness (QED) is 0.632. The standard InChI is InChI=1S/C15H23NO3/c1-15(2,7-6-14(18)19)8-9-16-11-12-4-3-5-13(17)10-12/h3-5,10,16-17H,6-9,11H2,1-2H3,(H,18,19). The Morgan fingerprint density at radius 3 is 2.68 bits per heavy atom. The SMILES string of the molecule is CC(C)(CCNCc1cccc(O)c1)CCC(=O)O. The normalized spacial score (nSPS) is 11.5. The fraction of sp³-hybridized carbons (Fsp3) is 0.533. The van der Waals surface area contributed by atoms with Crippen LogP contribution >= 0.6 is 0 Å². The van der Waals surface area contributed by atoms with Crippen molar-refractivity contribution in [2.24, 2.45) is 5.41 Å². The summed E-state index contributed by atoms with van der Waals surface area (Å²) in [6.07, 6.45) is 1.84. The zero-order valence-electron chi connectivity index (χ0n) is 11.6. The lowest BCUT2D eigenvalue weighted by Gasteiger charge is -2.23. The minimum atomic E-state index is -0.735. The van der Waals surface area contributed by atoms with E-state index in [-0.39, 0.29) is 17.6 Å². The van der Waals surface area contributed by atoms with Crippen LogP contribution in [0, 0.1) is 5.41 Å². The number of phenolic OH excluding ortho intramolecular Hbond substituents is 1. The third-order valence-corrected chi connectivity index (χ3v) is 3.23. The minimum absolute atomic E-state index is 0.0320. The van der Waals surface area contributed by atoms with E-state index < -0.39 is 5.97 Å². The summed E-state index contributed by atoms with van der Waals surface area (Å²) < 4.78 is 0. The molecule has 0 radical (unpaired) electrons. The molecule has 1 aromatic carbocycles. The fourth-order valence-electron chi connectivity index (χ4n) is 1.90. The van der Waals surface area contributed by atoms with Gasteiger partial charge in [-0.25, -0.2) is 0 Å². The number of rotatable bonds is 8. The zero-order valence-corrected chi connectivity index (χ0v) is 11.6. The van der Waals surface area contributed by atoms with Gasteiger partial charge in [0.25, 0.3) is 0 Å². The van der Waals surface area contributed by atoms with Crippen molar-refractivity contribution >= 4 is 5.97 Å². The molecule has 0 aliphatic rings. The van der Waals surface area contributed by atoms with Crippen LogP contribution in [0.1, 0.15) is 38.7 Å². The third kappa shape index (κ3) is 6.82. The number of aromatic hydroxyl groups is 1. The molecule has 0 saturated carbocycles. The number of nitrogens with one attached hydrogen (secondary N) is 1. The number of hydrogen-bond donors (Lipinski definition) is 3. The Balaban J connectivity index is 2.24. The van der Waals surface area contributed by atoms with Crippen LogP contribution in [-0.4, -0.2) is 22.7 Å². The second kappa shape index (κ2) is 7.14. The summed E-state index contributed by atoms with van der Waals surface area (Å²) in [5.41, 5.74) is 1.08. The zero-order chi connectivity index (χ0) is 14.3. The Labute approximate surface area is 114 Å².